The van der Waals surface area contributed by atoms with Crippen molar-refractivity contribution in [1.82, 2.24) is 20.4 Å². The van der Waals surface area contributed by atoms with Gasteiger partial charge in [-0.2, -0.15) is 5.10 Å². The maximum atomic E-state index is 5.97. The zero-order valence-corrected chi connectivity index (χ0v) is 21.2. The molecule has 8 heteroatoms. The van der Waals surface area contributed by atoms with Crippen molar-refractivity contribution in [2.75, 3.05) is 27.4 Å². The Kier molecular flexibility index (Phi) is 11.0. The smallest absolute Gasteiger partial charge is 0.191 e. The molecule has 3 aromatic rings. The number of nitrogens with zero attached hydrogens (tertiary/aromatic N) is 3. The summed E-state index contributed by atoms with van der Waals surface area (Å²) in [6, 6.07) is 16.3. The van der Waals surface area contributed by atoms with Crippen molar-refractivity contribution in [2.45, 2.75) is 26.4 Å². The lowest BCUT2D eigenvalue weighted by Gasteiger charge is -2.15. The van der Waals surface area contributed by atoms with Gasteiger partial charge in [-0.1, -0.05) is 30.3 Å². The molecule has 0 fully saturated rings. The first-order chi connectivity index (χ1) is 15.2. The average Bonchev–Trinajstić information content (AvgIpc) is 3.27. The van der Waals surface area contributed by atoms with Gasteiger partial charge in [0.1, 0.15) is 5.75 Å². The minimum absolute atomic E-state index is 0. The van der Waals surface area contributed by atoms with Gasteiger partial charge in [-0.05, 0) is 30.7 Å². The molecule has 172 valence electrons. The lowest BCUT2D eigenvalue weighted by molar-refractivity contribution is 0.171. The number of hydrogen-bond acceptors (Lipinski definition) is 4. The van der Waals surface area contributed by atoms with E-state index in [0.717, 1.165) is 34.9 Å². The molecule has 1 aromatic heterocycles. The number of methoxy groups -OCH3 is 1. The van der Waals surface area contributed by atoms with Crippen molar-refractivity contribution in [2.24, 2.45) is 4.99 Å². The number of guanidine groups is 1. The number of nitrogens with one attached hydrogen (secondary N) is 2. The second-order valence-corrected chi connectivity index (χ2v) is 7.21. The van der Waals surface area contributed by atoms with E-state index in [1.165, 1.54) is 5.56 Å². The van der Waals surface area contributed by atoms with Gasteiger partial charge in [-0.25, -0.2) is 4.68 Å². The lowest BCUT2D eigenvalue weighted by Crippen LogP contribution is -2.36. The number of rotatable bonds is 10. The Labute approximate surface area is 207 Å². The summed E-state index contributed by atoms with van der Waals surface area (Å²) in [4.78, 5) is 4.33. The van der Waals surface area contributed by atoms with Gasteiger partial charge < -0.3 is 20.1 Å². The van der Waals surface area contributed by atoms with Crippen LogP contribution in [0.1, 0.15) is 23.1 Å². The number of hydrogen-bond donors (Lipinski definition) is 2. The van der Waals surface area contributed by atoms with Gasteiger partial charge in [0.25, 0.3) is 0 Å². The van der Waals surface area contributed by atoms with E-state index in [9.17, 15) is 0 Å². The Morgan fingerprint density at radius 2 is 1.84 bits per heavy atom. The van der Waals surface area contributed by atoms with Gasteiger partial charge in [0, 0.05) is 57.6 Å². The van der Waals surface area contributed by atoms with Crippen molar-refractivity contribution >= 4 is 29.9 Å². The molecular weight excluding hydrogens is 517 g/mol. The minimum atomic E-state index is 0. The van der Waals surface area contributed by atoms with Crippen LogP contribution in [0.25, 0.3) is 5.69 Å². The predicted molar refractivity (Wildman–Crippen MR) is 139 cm³/mol. The van der Waals surface area contributed by atoms with Gasteiger partial charge in [0.15, 0.2) is 5.96 Å². The van der Waals surface area contributed by atoms with E-state index in [1.807, 2.05) is 47.4 Å². The van der Waals surface area contributed by atoms with Crippen LogP contribution in [-0.2, 0) is 17.8 Å². The topological polar surface area (TPSA) is 72.7 Å². The highest BCUT2D eigenvalue weighted by Crippen LogP contribution is 2.20. The quantitative estimate of drug-likeness (QED) is 0.173. The maximum Gasteiger partial charge on any atom is 0.191 e. The number of para-hydroxylation sites is 1. The zero-order valence-electron chi connectivity index (χ0n) is 18.9. The summed E-state index contributed by atoms with van der Waals surface area (Å²) in [7, 11) is 3.47. The molecule has 7 nitrogen and oxygen atoms in total. The normalized spacial score (nSPS) is 11.0. The highest BCUT2D eigenvalue weighted by Gasteiger charge is 2.07. The molecule has 0 aliphatic heterocycles. The summed E-state index contributed by atoms with van der Waals surface area (Å²) in [5, 5.41) is 11.1. The van der Waals surface area contributed by atoms with Gasteiger partial charge in [0.05, 0.1) is 18.5 Å². The Morgan fingerprint density at radius 3 is 2.59 bits per heavy atom. The molecule has 3 rings (SSSR count). The van der Waals surface area contributed by atoms with Crippen molar-refractivity contribution in [1.29, 1.82) is 0 Å². The third-order valence-corrected chi connectivity index (χ3v) is 4.76. The van der Waals surface area contributed by atoms with Gasteiger partial charge in [0.2, 0.25) is 0 Å². The van der Waals surface area contributed by atoms with E-state index < -0.39 is 0 Å². The van der Waals surface area contributed by atoms with Gasteiger partial charge in [-0.15, -0.1) is 24.0 Å². The van der Waals surface area contributed by atoms with Crippen molar-refractivity contribution in [3.8, 4) is 11.4 Å². The number of aromatic nitrogens is 2. The van der Waals surface area contributed by atoms with Crippen LogP contribution in [0.15, 0.2) is 65.9 Å². The van der Waals surface area contributed by atoms with E-state index in [2.05, 4.69) is 45.8 Å². The predicted octanol–water partition coefficient (Wildman–Crippen LogP) is 4.08. The molecule has 0 unspecified atom stereocenters. The van der Waals surface area contributed by atoms with Crippen molar-refractivity contribution in [3.05, 3.63) is 77.6 Å². The Hall–Kier alpha value is -2.59. The van der Waals surface area contributed by atoms with E-state index in [4.69, 9.17) is 9.47 Å². The summed E-state index contributed by atoms with van der Waals surface area (Å²) in [6.07, 6.45) is 4.73. The molecule has 32 heavy (non-hydrogen) atoms. The molecule has 0 radical (unpaired) electrons. The van der Waals surface area contributed by atoms with Crippen LogP contribution in [0, 0.1) is 6.92 Å². The number of halogens is 1. The molecule has 0 saturated carbocycles. The van der Waals surface area contributed by atoms with Gasteiger partial charge in [-0.3, -0.25) is 4.99 Å². The van der Waals surface area contributed by atoms with E-state index in [0.29, 0.717) is 26.3 Å². The monoisotopic (exact) mass is 549 g/mol. The molecule has 1 heterocycles. The first-order valence-electron chi connectivity index (χ1n) is 10.4. The highest BCUT2D eigenvalue weighted by atomic mass is 127. The first kappa shape index (κ1) is 25.7. The number of benzene rings is 2. The van der Waals surface area contributed by atoms with E-state index in [-0.39, 0.29) is 24.0 Å². The standard InChI is InChI=1S/C24H31N5O2.HI/c1-19-10-11-21(23(14-19)31-13-7-12-30-3)17-27-24(25-2)26-15-20-16-28-29(18-20)22-8-5-4-6-9-22;/h4-6,8-11,14,16,18H,7,12-13,15,17H2,1-3H3,(H2,25,26,27);1H. The molecule has 2 aromatic carbocycles. The second-order valence-electron chi connectivity index (χ2n) is 7.21. The SMILES string of the molecule is CN=C(NCc1cnn(-c2ccccc2)c1)NCc1ccc(C)cc1OCCCOC.I. The molecule has 2 N–H and O–H groups in total. The average molecular weight is 549 g/mol. The fourth-order valence-electron chi connectivity index (χ4n) is 3.09. The van der Waals surface area contributed by atoms with Gasteiger partial charge >= 0.3 is 0 Å². The third kappa shape index (κ3) is 7.83. The van der Waals surface area contributed by atoms with E-state index >= 15 is 0 Å². The van der Waals surface area contributed by atoms with Crippen LogP contribution < -0.4 is 15.4 Å². The largest absolute Gasteiger partial charge is 0.493 e. The summed E-state index contributed by atoms with van der Waals surface area (Å²) in [6.45, 7) is 4.62. The van der Waals surface area contributed by atoms with Crippen LogP contribution in [-0.4, -0.2) is 43.1 Å². The second kappa shape index (κ2) is 13.7. The fourth-order valence-corrected chi connectivity index (χ4v) is 3.09. The molecule has 0 bridgehead atoms. The number of aryl methyl sites for hydroxylation is 1. The molecule has 0 amide bonds. The molecule has 0 saturated heterocycles. The lowest BCUT2D eigenvalue weighted by atomic mass is 10.1. The first-order valence-corrected chi connectivity index (χ1v) is 10.4. The van der Waals surface area contributed by atoms with Crippen molar-refractivity contribution < 1.29 is 9.47 Å². The molecule has 0 atom stereocenters. The van der Waals surface area contributed by atoms with E-state index in [1.54, 1.807) is 14.2 Å². The summed E-state index contributed by atoms with van der Waals surface area (Å²) >= 11 is 0. The highest BCUT2D eigenvalue weighted by molar-refractivity contribution is 14.0. The Balaban J connectivity index is 0.00000363. The summed E-state index contributed by atoms with van der Waals surface area (Å²) < 4.78 is 12.9. The molecular formula is C24H32IN5O2. The van der Waals surface area contributed by atoms with Crippen molar-refractivity contribution in [3.63, 3.8) is 0 Å². The summed E-state index contributed by atoms with van der Waals surface area (Å²) in [5.41, 5.74) is 4.37. The van der Waals surface area contributed by atoms with Crippen LogP contribution in [0.2, 0.25) is 0 Å². The third-order valence-electron chi connectivity index (χ3n) is 4.76. The Morgan fingerprint density at radius 1 is 1.06 bits per heavy atom. The van der Waals surface area contributed by atoms with Crippen LogP contribution in [0.3, 0.4) is 0 Å². The maximum absolute atomic E-state index is 5.97. The molecule has 0 aliphatic carbocycles. The summed E-state index contributed by atoms with van der Waals surface area (Å²) in [5.74, 6) is 1.61. The molecule has 0 spiro atoms. The fraction of sp³-hybridized carbons (Fsp3) is 0.333. The van der Waals surface area contributed by atoms with Crippen LogP contribution >= 0.6 is 24.0 Å². The molecule has 0 aliphatic rings. The minimum Gasteiger partial charge on any atom is -0.493 e. The Bertz CT molecular complexity index is 976. The zero-order chi connectivity index (χ0) is 21.9. The number of ether oxygens (including phenoxy) is 2. The number of aliphatic imine (C=N–C) groups is 1. The van der Waals surface area contributed by atoms with Crippen LogP contribution in [0.4, 0.5) is 0 Å². The van der Waals surface area contributed by atoms with Crippen LogP contribution in [0.5, 0.6) is 5.75 Å².